The van der Waals surface area contributed by atoms with Crippen LogP contribution < -0.4 is 4.74 Å². The summed E-state index contributed by atoms with van der Waals surface area (Å²) in [6, 6.07) is 6.49. The molecule has 0 N–H and O–H groups in total. The van der Waals surface area contributed by atoms with E-state index in [-0.39, 0.29) is 36.6 Å². The van der Waals surface area contributed by atoms with Gasteiger partial charge in [0.25, 0.3) is 5.91 Å². The molecule has 0 saturated heterocycles. The van der Waals surface area contributed by atoms with Gasteiger partial charge in [-0.3, -0.25) is 4.79 Å². The third kappa shape index (κ3) is 3.57. The van der Waals surface area contributed by atoms with Crippen molar-refractivity contribution in [1.82, 2.24) is 4.90 Å². The summed E-state index contributed by atoms with van der Waals surface area (Å²) in [7, 11) is 0. The monoisotopic (exact) mass is 356 g/mol. The molecule has 3 rings (SSSR count). The first-order chi connectivity index (χ1) is 11.8. The first kappa shape index (κ1) is 17.2. The first-order valence-electron chi connectivity index (χ1n) is 7.24. The molecule has 0 atom stereocenters. The average Bonchev–Trinajstić information content (AvgIpc) is 2.76. The molecule has 0 fully saturated rings. The van der Waals surface area contributed by atoms with E-state index < -0.39 is 29.3 Å². The molecular weight excluding hydrogens is 345 g/mol. The molecule has 1 aliphatic rings. The zero-order chi connectivity index (χ0) is 18.2. The minimum absolute atomic E-state index is 0.00225. The molecule has 0 saturated carbocycles. The van der Waals surface area contributed by atoms with Crippen molar-refractivity contribution in [2.75, 3.05) is 13.2 Å². The number of rotatable bonds is 1. The highest BCUT2D eigenvalue weighted by atomic mass is 19.4. The average molecular weight is 356 g/mol. The number of ether oxygens (including phenoxy) is 1. The van der Waals surface area contributed by atoms with Crippen LogP contribution in [0.3, 0.4) is 0 Å². The van der Waals surface area contributed by atoms with Crippen molar-refractivity contribution in [3.63, 3.8) is 0 Å². The zero-order valence-corrected chi connectivity index (χ0v) is 12.7. The Balaban J connectivity index is 1.85. The van der Waals surface area contributed by atoms with E-state index in [1.807, 2.05) is 0 Å². The fourth-order valence-corrected chi connectivity index (χ4v) is 2.48. The Morgan fingerprint density at radius 3 is 2.60 bits per heavy atom. The highest BCUT2D eigenvalue weighted by molar-refractivity contribution is 5.94. The number of fused-ring (bicyclic) bond motifs is 1. The minimum atomic E-state index is -4.53. The van der Waals surface area contributed by atoms with Gasteiger partial charge in [-0.25, -0.2) is 8.78 Å². The van der Waals surface area contributed by atoms with Crippen molar-refractivity contribution in [2.45, 2.75) is 12.7 Å². The Kier molecular flexibility index (Phi) is 4.36. The van der Waals surface area contributed by atoms with Gasteiger partial charge in [0.1, 0.15) is 24.0 Å². The van der Waals surface area contributed by atoms with E-state index in [1.165, 1.54) is 4.90 Å². The molecule has 0 unspecified atom stereocenters. The number of nitrogens with zero attached hydrogens (tertiary/aromatic N) is 1. The van der Waals surface area contributed by atoms with E-state index in [1.54, 1.807) is 0 Å². The van der Waals surface area contributed by atoms with Gasteiger partial charge in [-0.05, 0) is 24.3 Å². The molecular formula is C17H11F5NO2. The van der Waals surface area contributed by atoms with Gasteiger partial charge < -0.3 is 9.64 Å². The second kappa shape index (κ2) is 6.34. The summed E-state index contributed by atoms with van der Waals surface area (Å²) < 4.78 is 70.1. The molecule has 2 aromatic carbocycles. The smallest absolute Gasteiger partial charge is 0.416 e. The maximum absolute atomic E-state index is 13.9. The quantitative estimate of drug-likeness (QED) is 0.727. The summed E-state index contributed by atoms with van der Waals surface area (Å²) >= 11 is 0. The summed E-state index contributed by atoms with van der Waals surface area (Å²) in [4.78, 5) is 13.7. The molecule has 1 aliphatic heterocycles. The number of hydrogen-bond acceptors (Lipinski definition) is 2. The molecule has 25 heavy (non-hydrogen) atoms. The van der Waals surface area contributed by atoms with Crippen LogP contribution in [0.15, 0.2) is 30.3 Å². The lowest BCUT2D eigenvalue weighted by Crippen LogP contribution is -2.32. The molecule has 3 nitrogen and oxygen atoms in total. The second-order valence-electron chi connectivity index (χ2n) is 5.43. The van der Waals surface area contributed by atoms with Gasteiger partial charge >= 0.3 is 6.18 Å². The van der Waals surface area contributed by atoms with E-state index in [0.717, 1.165) is 18.2 Å². The van der Waals surface area contributed by atoms with Crippen LogP contribution in [0.4, 0.5) is 22.0 Å². The van der Waals surface area contributed by atoms with Gasteiger partial charge in [0.15, 0.2) is 0 Å². The lowest BCUT2D eigenvalue weighted by atomic mass is 10.1. The summed E-state index contributed by atoms with van der Waals surface area (Å²) in [6.45, 7) is -0.110. The number of benzene rings is 2. The molecule has 0 aromatic heterocycles. The van der Waals surface area contributed by atoms with Gasteiger partial charge in [0, 0.05) is 23.3 Å². The van der Waals surface area contributed by atoms with E-state index in [4.69, 9.17) is 4.74 Å². The summed E-state index contributed by atoms with van der Waals surface area (Å²) in [5.74, 6) is -2.27. The van der Waals surface area contributed by atoms with Crippen LogP contribution in [0.5, 0.6) is 5.75 Å². The van der Waals surface area contributed by atoms with Gasteiger partial charge in [0.05, 0.1) is 18.7 Å². The van der Waals surface area contributed by atoms with Crippen LogP contribution in [0.25, 0.3) is 0 Å². The van der Waals surface area contributed by atoms with Crippen LogP contribution >= 0.6 is 0 Å². The molecule has 0 aliphatic carbocycles. The van der Waals surface area contributed by atoms with Crippen LogP contribution in [0.1, 0.15) is 21.5 Å². The molecule has 8 heteroatoms. The lowest BCUT2D eigenvalue weighted by molar-refractivity contribution is -0.137. The number of halogens is 5. The Morgan fingerprint density at radius 2 is 1.96 bits per heavy atom. The van der Waals surface area contributed by atoms with E-state index in [0.29, 0.717) is 12.1 Å². The van der Waals surface area contributed by atoms with E-state index in [9.17, 15) is 26.7 Å². The fraction of sp³-hybridized carbons (Fsp3) is 0.235. The molecule has 1 radical (unpaired) electrons. The molecule has 0 spiro atoms. The highest BCUT2D eigenvalue weighted by Gasteiger charge is 2.31. The fourth-order valence-electron chi connectivity index (χ4n) is 2.48. The standard InChI is InChI=1S/C17H11F5NO2/c18-12-7-14(19)13-9-23(5-6-25-15(13)8-12)16(24)10-1-3-11(4-2-10)17(20,21)22/h1,3-4,7-8H,5-6,9H2. The Morgan fingerprint density at radius 1 is 1.20 bits per heavy atom. The van der Waals surface area contributed by atoms with Crippen molar-refractivity contribution < 1.29 is 31.5 Å². The summed E-state index contributed by atoms with van der Waals surface area (Å²) in [5, 5.41) is 0. The zero-order valence-electron chi connectivity index (χ0n) is 12.7. The Hall–Kier alpha value is -2.64. The van der Waals surface area contributed by atoms with E-state index in [2.05, 4.69) is 6.07 Å². The third-order valence-electron chi connectivity index (χ3n) is 3.74. The summed E-state index contributed by atoms with van der Waals surface area (Å²) in [6.07, 6.45) is -4.53. The summed E-state index contributed by atoms with van der Waals surface area (Å²) in [5.41, 5.74) is -0.992. The lowest BCUT2D eigenvalue weighted by Gasteiger charge is -2.20. The van der Waals surface area contributed by atoms with E-state index >= 15 is 0 Å². The predicted molar refractivity (Wildman–Crippen MR) is 76.9 cm³/mol. The normalized spacial score (nSPS) is 14.5. The van der Waals surface area contributed by atoms with Crippen molar-refractivity contribution >= 4 is 5.91 Å². The number of alkyl halides is 3. The van der Waals surface area contributed by atoms with Crippen LogP contribution in [0, 0.1) is 17.7 Å². The maximum atomic E-state index is 13.9. The van der Waals surface area contributed by atoms with Gasteiger partial charge in [0.2, 0.25) is 0 Å². The van der Waals surface area contributed by atoms with Gasteiger partial charge in [-0.15, -0.1) is 0 Å². The molecule has 131 valence electrons. The SMILES string of the molecule is O=C(c1[c]cc(C(F)(F)F)cc1)N1CCOc2cc(F)cc(F)c2C1. The molecule has 1 heterocycles. The number of amides is 1. The topological polar surface area (TPSA) is 29.5 Å². The first-order valence-corrected chi connectivity index (χ1v) is 7.24. The maximum Gasteiger partial charge on any atom is 0.416 e. The van der Waals surface area contributed by atoms with Gasteiger partial charge in [-0.1, -0.05) is 0 Å². The highest BCUT2D eigenvalue weighted by Crippen LogP contribution is 2.30. The van der Waals surface area contributed by atoms with Crippen molar-refractivity contribution in [2.24, 2.45) is 0 Å². The molecule has 2 aromatic rings. The number of carbonyl (C=O) groups excluding carboxylic acids is 1. The Bertz CT molecular complexity index is 802. The number of hydrogen-bond donors (Lipinski definition) is 0. The minimum Gasteiger partial charge on any atom is -0.491 e. The van der Waals surface area contributed by atoms with Crippen LogP contribution in [-0.4, -0.2) is 24.0 Å². The molecule has 1 amide bonds. The predicted octanol–water partition coefficient (Wildman–Crippen LogP) is 3.82. The third-order valence-corrected chi connectivity index (χ3v) is 3.74. The van der Waals surface area contributed by atoms with Crippen LogP contribution in [0.2, 0.25) is 0 Å². The van der Waals surface area contributed by atoms with Crippen molar-refractivity contribution in [3.8, 4) is 5.75 Å². The Labute approximate surface area is 139 Å². The van der Waals surface area contributed by atoms with Crippen LogP contribution in [-0.2, 0) is 12.7 Å². The molecule has 0 bridgehead atoms. The number of carbonyl (C=O) groups is 1. The largest absolute Gasteiger partial charge is 0.491 e. The van der Waals surface area contributed by atoms with Crippen molar-refractivity contribution in [1.29, 1.82) is 0 Å². The second-order valence-corrected chi connectivity index (χ2v) is 5.43. The van der Waals surface area contributed by atoms with Gasteiger partial charge in [-0.2, -0.15) is 13.2 Å². The van der Waals surface area contributed by atoms with Crippen molar-refractivity contribution in [3.05, 3.63) is 64.7 Å².